The van der Waals surface area contributed by atoms with E-state index in [0.29, 0.717) is 5.56 Å². The topological polar surface area (TPSA) is 105 Å². The van der Waals surface area contributed by atoms with Crippen LogP contribution in [0.5, 0.6) is 5.75 Å². The van der Waals surface area contributed by atoms with E-state index in [2.05, 4.69) is 5.32 Å². The van der Waals surface area contributed by atoms with Gasteiger partial charge < -0.3 is 10.1 Å². The number of hydrogen-bond donors (Lipinski definition) is 1. The summed E-state index contributed by atoms with van der Waals surface area (Å²) in [5, 5.41) is 23.7. The summed E-state index contributed by atoms with van der Waals surface area (Å²) in [4.78, 5) is 23.2. The number of nitrogens with one attached hydrogen (secondary N) is 1. The first-order valence-corrected chi connectivity index (χ1v) is 9.44. The third-order valence-corrected chi connectivity index (χ3v) is 4.78. The molecule has 0 radical (unpaired) electrons. The monoisotopic (exact) mass is 391 g/mol. The van der Waals surface area contributed by atoms with Crippen LogP contribution in [-0.2, 0) is 11.4 Å². The molecule has 0 unspecified atom stereocenters. The van der Waals surface area contributed by atoms with E-state index in [4.69, 9.17) is 4.74 Å². The molecule has 0 atom stereocenters. The van der Waals surface area contributed by atoms with Gasteiger partial charge in [0.25, 0.3) is 5.91 Å². The number of nitro benzene ring substituents is 1. The lowest BCUT2D eigenvalue weighted by molar-refractivity contribution is -0.386. The van der Waals surface area contributed by atoms with Crippen LogP contribution in [-0.4, -0.2) is 16.9 Å². The molecule has 1 N–H and O–H groups in total. The Labute approximate surface area is 168 Å². The Bertz CT molecular complexity index is 958. The Morgan fingerprint density at radius 3 is 2.62 bits per heavy atom. The van der Waals surface area contributed by atoms with Gasteiger partial charge in [-0.15, -0.1) is 0 Å². The van der Waals surface area contributed by atoms with Crippen LogP contribution >= 0.6 is 0 Å². The lowest BCUT2D eigenvalue weighted by Crippen LogP contribution is -2.33. The molecule has 1 aliphatic carbocycles. The fourth-order valence-corrected chi connectivity index (χ4v) is 3.27. The first-order chi connectivity index (χ1) is 14.1. The molecule has 29 heavy (non-hydrogen) atoms. The van der Waals surface area contributed by atoms with Crippen molar-refractivity contribution in [3.63, 3.8) is 0 Å². The van der Waals surface area contributed by atoms with Crippen molar-refractivity contribution >= 4 is 17.7 Å². The van der Waals surface area contributed by atoms with Gasteiger partial charge in [0.05, 0.1) is 4.92 Å². The molecule has 0 saturated heterocycles. The van der Waals surface area contributed by atoms with Gasteiger partial charge >= 0.3 is 5.69 Å². The van der Waals surface area contributed by atoms with Gasteiger partial charge in [0, 0.05) is 12.1 Å². The van der Waals surface area contributed by atoms with Crippen molar-refractivity contribution in [2.24, 2.45) is 0 Å². The summed E-state index contributed by atoms with van der Waals surface area (Å²) in [6.45, 7) is 0.199. The quantitative estimate of drug-likeness (QED) is 0.330. The average molecular weight is 391 g/mol. The lowest BCUT2D eigenvalue weighted by Gasteiger charge is -2.11. The zero-order valence-electron chi connectivity index (χ0n) is 15.8. The summed E-state index contributed by atoms with van der Waals surface area (Å²) in [6.07, 6.45) is 5.30. The summed E-state index contributed by atoms with van der Waals surface area (Å²) in [7, 11) is 0. The SMILES string of the molecule is N#C/C(=C/c1ccc(OCc2ccccc2)c([N+](=O)[O-])c1)C(=O)NC1CCCC1. The predicted molar refractivity (Wildman–Crippen MR) is 108 cm³/mol. The molecule has 3 rings (SSSR count). The zero-order chi connectivity index (χ0) is 20.6. The van der Waals surface area contributed by atoms with Gasteiger partial charge in [-0.3, -0.25) is 14.9 Å². The first-order valence-electron chi connectivity index (χ1n) is 9.44. The number of amides is 1. The second-order valence-corrected chi connectivity index (χ2v) is 6.88. The van der Waals surface area contributed by atoms with E-state index >= 15 is 0 Å². The number of nitriles is 1. The van der Waals surface area contributed by atoms with Crippen molar-refractivity contribution in [3.05, 3.63) is 75.3 Å². The summed E-state index contributed by atoms with van der Waals surface area (Å²) < 4.78 is 5.60. The lowest BCUT2D eigenvalue weighted by atomic mass is 10.1. The largest absolute Gasteiger partial charge is 0.482 e. The van der Waals surface area contributed by atoms with E-state index in [0.717, 1.165) is 31.2 Å². The molecule has 2 aromatic carbocycles. The molecule has 148 valence electrons. The standard InChI is InChI=1S/C22H21N3O4/c23-14-18(22(26)24-19-8-4-5-9-19)12-17-10-11-21(20(13-17)25(27)28)29-15-16-6-2-1-3-7-16/h1-3,6-7,10-13,19H,4-5,8-9,15H2,(H,24,26)/b18-12-. The fraction of sp³-hybridized carbons (Fsp3) is 0.273. The molecule has 0 aliphatic heterocycles. The predicted octanol–water partition coefficient (Wildman–Crippen LogP) is 4.14. The maximum Gasteiger partial charge on any atom is 0.311 e. The highest BCUT2D eigenvalue weighted by atomic mass is 16.6. The molecule has 1 amide bonds. The number of nitro groups is 1. The normalized spacial score (nSPS) is 14.2. The van der Waals surface area contributed by atoms with Gasteiger partial charge in [0.15, 0.2) is 5.75 Å². The van der Waals surface area contributed by atoms with Crippen molar-refractivity contribution in [2.75, 3.05) is 0 Å². The van der Waals surface area contributed by atoms with Crippen molar-refractivity contribution in [1.82, 2.24) is 5.32 Å². The molecular formula is C22H21N3O4. The average Bonchev–Trinajstić information content (AvgIpc) is 3.24. The van der Waals surface area contributed by atoms with Crippen molar-refractivity contribution in [2.45, 2.75) is 38.3 Å². The van der Waals surface area contributed by atoms with Gasteiger partial charge in [0.2, 0.25) is 0 Å². The Hall–Kier alpha value is -3.66. The highest BCUT2D eigenvalue weighted by Crippen LogP contribution is 2.29. The molecule has 1 fully saturated rings. The van der Waals surface area contributed by atoms with Crippen LogP contribution in [0.15, 0.2) is 54.1 Å². The van der Waals surface area contributed by atoms with Gasteiger partial charge in [0.1, 0.15) is 18.2 Å². The van der Waals surface area contributed by atoms with Crippen LogP contribution in [0.25, 0.3) is 6.08 Å². The van der Waals surface area contributed by atoms with E-state index in [-0.39, 0.29) is 29.7 Å². The van der Waals surface area contributed by atoms with E-state index in [1.54, 1.807) is 6.07 Å². The summed E-state index contributed by atoms with van der Waals surface area (Å²) >= 11 is 0. The van der Waals surface area contributed by atoms with Crippen LogP contribution in [0.2, 0.25) is 0 Å². The highest BCUT2D eigenvalue weighted by Gasteiger charge is 2.20. The van der Waals surface area contributed by atoms with Crippen LogP contribution in [0, 0.1) is 21.4 Å². The molecule has 0 spiro atoms. The molecule has 1 saturated carbocycles. The number of hydrogen-bond acceptors (Lipinski definition) is 5. The van der Waals surface area contributed by atoms with Crippen molar-refractivity contribution in [1.29, 1.82) is 5.26 Å². The minimum Gasteiger partial charge on any atom is -0.482 e. The van der Waals surface area contributed by atoms with Crippen molar-refractivity contribution in [3.8, 4) is 11.8 Å². The van der Waals surface area contributed by atoms with Crippen LogP contribution in [0.4, 0.5) is 5.69 Å². The van der Waals surface area contributed by atoms with E-state index in [9.17, 15) is 20.2 Å². The Balaban J connectivity index is 1.77. The summed E-state index contributed by atoms with van der Waals surface area (Å²) in [5.74, 6) is -0.323. The molecular weight excluding hydrogens is 370 g/mol. The minimum absolute atomic E-state index is 0.0795. The fourth-order valence-electron chi connectivity index (χ4n) is 3.27. The maximum atomic E-state index is 12.3. The van der Waals surface area contributed by atoms with E-state index in [1.807, 2.05) is 36.4 Å². The van der Waals surface area contributed by atoms with Gasteiger partial charge in [-0.1, -0.05) is 49.2 Å². The third-order valence-electron chi connectivity index (χ3n) is 4.78. The molecule has 1 aliphatic rings. The van der Waals surface area contributed by atoms with Gasteiger partial charge in [-0.05, 0) is 36.1 Å². The van der Waals surface area contributed by atoms with Crippen molar-refractivity contribution < 1.29 is 14.5 Å². The van der Waals surface area contributed by atoms with E-state index < -0.39 is 10.8 Å². The van der Waals surface area contributed by atoms with Gasteiger partial charge in [-0.25, -0.2) is 0 Å². The maximum absolute atomic E-state index is 12.3. The smallest absolute Gasteiger partial charge is 0.311 e. The van der Waals surface area contributed by atoms with Crippen LogP contribution in [0.1, 0.15) is 36.8 Å². The number of carbonyl (C=O) groups is 1. The van der Waals surface area contributed by atoms with E-state index in [1.165, 1.54) is 18.2 Å². The molecule has 7 heteroatoms. The second-order valence-electron chi connectivity index (χ2n) is 6.88. The zero-order valence-corrected chi connectivity index (χ0v) is 15.8. The Morgan fingerprint density at radius 1 is 1.24 bits per heavy atom. The highest BCUT2D eigenvalue weighted by molar-refractivity contribution is 6.01. The number of carbonyl (C=O) groups excluding carboxylic acids is 1. The van der Waals surface area contributed by atoms with Crippen LogP contribution in [0.3, 0.4) is 0 Å². The van der Waals surface area contributed by atoms with Gasteiger partial charge in [-0.2, -0.15) is 5.26 Å². The second kappa shape index (κ2) is 9.51. The molecule has 0 aromatic heterocycles. The number of benzene rings is 2. The molecule has 7 nitrogen and oxygen atoms in total. The summed E-state index contributed by atoms with van der Waals surface area (Å²) in [6, 6.07) is 15.7. The molecule has 0 bridgehead atoms. The molecule has 2 aromatic rings. The summed E-state index contributed by atoms with van der Waals surface area (Å²) in [5.41, 5.74) is 0.982. The number of ether oxygens (including phenoxy) is 1. The van der Waals surface area contributed by atoms with Crippen LogP contribution < -0.4 is 10.1 Å². The Morgan fingerprint density at radius 2 is 1.97 bits per heavy atom. The third kappa shape index (κ3) is 5.42. The molecule has 0 heterocycles. The Kier molecular flexibility index (Phi) is 6.59. The number of nitrogens with zero attached hydrogens (tertiary/aromatic N) is 2. The first kappa shape index (κ1) is 20.1. The minimum atomic E-state index is -0.539. The number of rotatable bonds is 7.